The lowest BCUT2D eigenvalue weighted by molar-refractivity contribution is -0.122. The van der Waals surface area contributed by atoms with E-state index >= 15 is 0 Å². The molecule has 2 amide bonds. The first-order valence-electron chi connectivity index (χ1n) is 8.38. The van der Waals surface area contributed by atoms with Gasteiger partial charge >= 0.3 is 0 Å². The second-order valence-electron chi connectivity index (χ2n) is 6.39. The molecule has 2 aromatic rings. The van der Waals surface area contributed by atoms with Crippen molar-refractivity contribution in [2.45, 2.75) is 6.92 Å². The van der Waals surface area contributed by atoms with Crippen LogP contribution in [0, 0.1) is 6.92 Å². The van der Waals surface area contributed by atoms with E-state index in [2.05, 4.69) is 21.2 Å². The molecule has 3 rings (SSSR count). The average Bonchev–Trinajstić information content (AvgIpc) is 2.88. The zero-order valence-corrected chi connectivity index (χ0v) is 17.7. The van der Waals surface area contributed by atoms with Crippen LogP contribution in [0.5, 0.6) is 0 Å². The van der Waals surface area contributed by atoms with Crippen LogP contribution in [-0.2, 0) is 4.79 Å². The number of rotatable bonds is 5. The minimum absolute atomic E-state index is 0.143. The van der Waals surface area contributed by atoms with Gasteiger partial charge in [-0.2, -0.15) is 0 Å². The van der Waals surface area contributed by atoms with Gasteiger partial charge in [-0.1, -0.05) is 28.1 Å². The number of carbonyl (C=O) groups is 2. The number of halogens is 1. The van der Waals surface area contributed by atoms with Gasteiger partial charge in [-0.3, -0.25) is 14.5 Å². The molecule has 1 heterocycles. The Labute approximate surface area is 171 Å². The molecule has 1 aliphatic rings. The first-order chi connectivity index (χ1) is 12.8. The second-order valence-corrected chi connectivity index (χ2v) is 8.30. The van der Waals surface area contributed by atoms with Crippen molar-refractivity contribution in [1.29, 1.82) is 0 Å². The van der Waals surface area contributed by atoms with E-state index in [9.17, 15) is 9.59 Å². The predicted octanol–water partition coefficient (Wildman–Crippen LogP) is 4.93. The Morgan fingerprint density at radius 3 is 2.48 bits per heavy atom. The van der Waals surface area contributed by atoms with Crippen LogP contribution in [0.25, 0.3) is 6.08 Å². The summed E-state index contributed by atoms with van der Waals surface area (Å²) < 4.78 is 0.986. The highest BCUT2D eigenvalue weighted by molar-refractivity contribution is 9.10. The number of hydrogen-bond acceptors (Lipinski definition) is 5. The van der Waals surface area contributed by atoms with E-state index in [1.807, 2.05) is 68.4 Å². The maximum absolute atomic E-state index is 12.6. The molecule has 0 aliphatic carbocycles. The third-order valence-corrected chi connectivity index (χ3v) is 5.60. The number of benzene rings is 2. The van der Waals surface area contributed by atoms with Gasteiger partial charge in [0.2, 0.25) is 0 Å². The Kier molecular flexibility index (Phi) is 5.92. The first-order valence-corrected chi connectivity index (χ1v) is 9.99. The molecule has 0 aromatic heterocycles. The maximum atomic E-state index is 12.6. The molecule has 7 heteroatoms. The fourth-order valence-electron chi connectivity index (χ4n) is 2.65. The Morgan fingerprint density at radius 1 is 1.15 bits per heavy atom. The standard InChI is InChI=1S/C20H20BrN3O2S/c1-13-10-15(21)6-9-17(13)22-12-24-19(25)18(27-20(24)26)11-14-4-7-16(8-5-14)23(2)3/h4-11,22H,12H2,1-3H3/b18-11-. The van der Waals surface area contributed by atoms with E-state index in [0.717, 1.165) is 38.7 Å². The fourth-order valence-corrected chi connectivity index (χ4v) is 3.96. The van der Waals surface area contributed by atoms with Crippen LogP contribution in [0.2, 0.25) is 0 Å². The monoisotopic (exact) mass is 445 g/mol. The van der Waals surface area contributed by atoms with E-state index in [-0.39, 0.29) is 17.8 Å². The van der Waals surface area contributed by atoms with Gasteiger partial charge in [0.15, 0.2) is 0 Å². The largest absolute Gasteiger partial charge is 0.378 e. The number of nitrogens with one attached hydrogen (secondary N) is 1. The normalized spacial score (nSPS) is 15.6. The predicted molar refractivity (Wildman–Crippen MR) is 116 cm³/mol. The molecular formula is C20H20BrN3O2S. The average molecular weight is 446 g/mol. The van der Waals surface area contributed by atoms with Crippen molar-refractivity contribution >= 4 is 56.3 Å². The number of thioether (sulfide) groups is 1. The third kappa shape index (κ3) is 4.54. The molecule has 1 fully saturated rings. The zero-order valence-electron chi connectivity index (χ0n) is 15.3. The van der Waals surface area contributed by atoms with Crippen molar-refractivity contribution in [3.05, 3.63) is 63.0 Å². The molecular weight excluding hydrogens is 426 g/mol. The smallest absolute Gasteiger partial charge is 0.295 e. The van der Waals surface area contributed by atoms with E-state index < -0.39 is 0 Å². The lowest BCUT2D eigenvalue weighted by Gasteiger charge is -2.16. The van der Waals surface area contributed by atoms with E-state index in [1.54, 1.807) is 6.08 Å². The van der Waals surface area contributed by atoms with Crippen LogP contribution < -0.4 is 10.2 Å². The van der Waals surface area contributed by atoms with Gasteiger partial charge in [0.1, 0.15) is 0 Å². The molecule has 1 N–H and O–H groups in total. The highest BCUT2D eigenvalue weighted by Crippen LogP contribution is 2.32. The molecule has 1 aliphatic heterocycles. The van der Waals surface area contributed by atoms with Crippen LogP contribution >= 0.6 is 27.7 Å². The Morgan fingerprint density at radius 2 is 1.85 bits per heavy atom. The van der Waals surface area contributed by atoms with E-state index in [4.69, 9.17) is 0 Å². The summed E-state index contributed by atoms with van der Waals surface area (Å²) >= 11 is 4.39. The van der Waals surface area contributed by atoms with Gasteiger partial charge in [0.25, 0.3) is 11.1 Å². The highest BCUT2D eigenvalue weighted by atomic mass is 79.9. The number of amides is 2. The topological polar surface area (TPSA) is 52.7 Å². The molecule has 0 bridgehead atoms. The van der Waals surface area contributed by atoms with Crippen molar-refractivity contribution in [3.8, 4) is 0 Å². The number of carbonyl (C=O) groups excluding carboxylic acids is 2. The van der Waals surface area contributed by atoms with Crippen LogP contribution in [0.4, 0.5) is 16.2 Å². The van der Waals surface area contributed by atoms with Gasteiger partial charge in [0.05, 0.1) is 11.6 Å². The van der Waals surface area contributed by atoms with Gasteiger partial charge in [-0.15, -0.1) is 0 Å². The minimum atomic E-state index is -0.274. The number of hydrogen-bond donors (Lipinski definition) is 1. The minimum Gasteiger partial charge on any atom is -0.378 e. The molecule has 27 heavy (non-hydrogen) atoms. The number of anilines is 2. The Hall–Kier alpha value is -2.25. The van der Waals surface area contributed by atoms with Crippen molar-refractivity contribution in [1.82, 2.24) is 4.90 Å². The molecule has 0 saturated carbocycles. The summed E-state index contributed by atoms with van der Waals surface area (Å²) in [6.07, 6.45) is 1.76. The molecule has 2 aromatic carbocycles. The quantitative estimate of drug-likeness (QED) is 0.661. The van der Waals surface area contributed by atoms with Gasteiger partial charge in [0, 0.05) is 29.9 Å². The summed E-state index contributed by atoms with van der Waals surface area (Å²) in [7, 11) is 3.95. The van der Waals surface area contributed by atoms with Crippen molar-refractivity contribution in [3.63, 3.8) is 0 Å². The zero-order chi connectivity index (χ0) is 19.6. The summed E-state index contributed by atoms with van der Waals surface area (Å²) in [5.74, 6) is -0.274. The summed E-state index contributed by atoms with van der Waals surface area (Å²) in [6.45, 7) is 2.11. The van der Waals surface area contributed by atoms with Gasteiger partial charge in [-0.05, 0) is 66.2 Å². The summed E-state index contributed by atoms with van der Waals surface area (Å²) in [6, 6.07) is 13.6. The van der Waals surface area contributed by atoms with Crippen molar-refractivity contribution in [2.24, 2.45) is 0 Å². The Bertz CT molecular complexity index is 910. The number of imide groups is 1. The maximum Gasteiger partial charge on any atom is 0.295 e. The van der Waals surface area contributed by atoms with Crippen LogP contribution in [0.15, 0.2) is 51.8 Å². The molecule has 0 radical (unpaired) electrons. The first kappa shape index (κ1) is 19.5. The summed E-state index contributed by atoms with van der Waals surface area (Å²) in [5.41, 5.74) is 3.89. The van der Waals surface area contributed by atoms with Gasteiger partial charge < -0.3 is 10.2 Å². The van der Waals surface area contributed by atoms with E-state index in [0.29, 0.717) is 4.91 Å². The number of nitrogens with zero attached hydrogens (tertiary/aromatic N) is 2. The lowest BCUT2D eigenvalue weighted by atomic mass is 10.2. The van der Waals surface area contributed by atoms with Crippen molar-refractivity contribution < 1.29 is 9.59 Å². The molecule has 1 saturated heterocycles. The van der Waals surface area contributed by atoms with Crippen LogP contribution in [0.1, 0.15) is 11.1 Å². The van der Waals surface area contributed by atoms with Crippen LogP contribution in [0.3, 0.4) is 0 Å². The number of aryl methyl sites for hydroxylation is 1. The Balaban J connectivity index is 1.70. The molecule has 0 atom stereocenters. The molecule has 140 valence electrons. The van der Waals surface area contributed by atoms with Crippen LogP contribution in [-0.4, -0.2) is 36.8 Å². The lowest BCUT2D eigenvalue weighted by Crippen LogP contribution is -2.33. The molecule has 0 spiro atoms. The second kappa shape index (κ2) is 8.19. The summed E-state index contributed by atoms with van der Waals surface area (Å²) in [5, 5.41) is 2.90. The van der Waals surface area contributed by atoms with Gasteiger partial charge in [-0.25, -0.2) is 0 Å². The van der Waals surface area contributed by atoms with Crippen molar-refractivity contribution in [2.75, 3.05) is 31.0 Å². The molecule has 5 nitrogen and oxygen atoms in total. The summed E-state index contributed by atoms with van der Waals surface area (Å²) in [4.78, 5) is 28.6. The molecule has 0 unspecified atom stereocenters. The SMILES string of the molecule is Cc1cc(Br)ccc1NCN1C(=O)S/C(=C\c2ccc(N(C)C)cc2)C1=O. The highest BCUT2D eigenvalue weighted by Gasteiger charge is 2.34. The third-order valence-electron chi connectivity index (χ3n) is 4.20. The fraction of sp³-hybridized carbons (Fsp3) is 0.200. The van der Waals surface area contributed by atoms with E-state index in [1.165, 1.54) is 4.90 Å².